The van der Waals surface area contributed by atoms with Gasteiger partial charge in [-0.1, -0.05) is 109 Å². The van der Waals surface area contributed by atoms with Crippen LogP contribution in [0.3, 0.4) is 0 Å². The third-order valence-electron chi connectivity index (χ3n) is 3.90. The summed E-state index contributed by atoms with van der Waals surface area (Å²) in [4.78, 5) is 0. The number of hydrogen-bond acceptors (Lipinski definition) is 1. The molecule has 0 amide bonds. The Hall–Kier alpha value is -2.89. The van der Waals surface area contributed by atoms with Crippen LogP contribution in [-0.4, -0.2) is 0 Å². The molecule has 0 saturated carbocycles. The summed E-state index contributed by atoms with van der Waals surface area (Å²) < 4.78 is 13.5. The predicted molar refractivity (Wildman–Crippen MR) is 114 cm³/mol. The average Bonchev–Trinajstić information content (AvgIpc) is 2.72. The zero-order chi connectivity index (χ0) is 18.1. The highest BCUT2D eigenvalue weighted by Crippen LogP contribution is 2.52. The van der Waals surface area contributed by atoms with Crippen LogP contribution in [-0.2, 0) is 4.57 Å². The normalized spacial score (nSPS) is 12.3. The lowest BCUT2D eigenvalue weighted by molar-refractivity contribution is 0.591. The van der Waals surface area contributed by atoms with E-state index in [-0.39, 0.29) is 0 Å². The largest absolute Gasteiger partial charge is 0.310 e. The van der Waals surface area contributed by atoms with E-state index in [9.17, 15) is 4.57 Å². The zero-order valence-electron chi connectivity index (χ0n) is 14.5. The van der Waals surface area contributed by atoms with E-state index in [0.717, 1.165) is 16.7 Å². The lowest BCUT2D eigenvalue weighted by atomic mass is 10.2. The van der Waals surface area contributed by atoms with Gasteiger partial charge in [-0.05, 0) is 34.1 Å². The highest BCUT2D eigenvalue weighted by molar-refractivity contribution is 7.73. The molecule has 0 fully saturated rings. The molecule has 3 aromatic rings. The second-order valence-corrected chi connectivity index (χ2v) is 8.36. The van der Waals surface area contributed by atoms with Gasteiger partial charge in [0, 0.05) is 0 Å². The first-order valence-corrected chi connectivity index (χ1v) is 10.5. The van der Waals surface area contributed by atoms with Crippen LogP contribution >= 0.6 is 7.14 Å². The van der Waals surface area contributed by atoms with Crippen LogP contribution in [0.2, 0.25) is 0 Å². The molecule has 1 nitrogen and oxygen atoms in total. The van der Waals surface area contributed by atoms with E-state index in [1.165, 1.54) is 0 Å². The molecule has 0 bridgehead atoms. The van der Waals surface area contributed by atoms with Crippen molar-refractivity contribution in [1.29, 1.82) is 0 Å². The van der Waals surface area contributed by atoms with E-state index in [4.69, 9.17) is 0 Å². The SMILES string of the molecule is O=P(/C=C\c1ccccc1)(/C=C\c1ccccc1)/C=C/c1ccccc1. The van der Waals surface area contributed by atoms with Gasteiger partial charge in [0.25, 0.3) is 0 Å². The smallest absolute Gasteiger partial charge is 0.150 e. The summed E-state index contributed by atoms with van der Waals surface area (Å²) in [5.41, 5.74) is 3.11. The number of hydrogen-bond donors (Lipinski definition) is 0. The highest BCUT2D eigenvalue weighted by atomic mass is 31.2. The molecule has 0 N–H and O–H groups in total. The van der Waals surface area contributed by atoms with Crippen LogP contribution < -0.4 is 0 Å². The molecule has 3 aromatic carbocycles. The molecule has 128 valence electrons. The topological polar surface area (TPSA) is 17.1 Å². The van der Waals surface area contributed by atoms with Gasteiger partial charge in [0.1, 0.15) is 7.14 Å². The molecule has 0 aliphatic carbocycles. The summed E-state index contributed by atoms with van der Waals surface area (Å²) >= 11 is 0. The quantitative estimate of drug-likeness (QED) is 0.422. The summed E-state index contributed by atoms with van der Waals surface area (Å²) in [6.45, 7) is 0. The first-order valence-electron chi connectivity index (χ1n) is 8.56. The summed E-state index contributed by atoms with van der Waals surface area (Å²) in [6.07, 6.45) is 5.77. The van der Waals surface area contributed by atoms with Gasteiger partial charge in [0.2, 0.25) is 0 Å². The second kappa shape index (κ2) is 8.99. The van der Waals surface area contributed by atoms with E-state index in [0.29, 0.717) is 0 Å². The lowest BCUT2D eigenvalue weighted by Crippen LogP contribution is -1.74. The maximum absolute atomic E-state index is 13.5. The zero-order valence-corrected chi connectivity index (χ0v) is 15.4. The summed E-state index contributed by atoms with van der Waals surface area (Å²) in [5, 5.41) is 0. The van der Waals surface area contributed by atoms with E-state index < -0.39 is 7.14 Å². The van der Waals surface area contributed by atoms with E-state index in [2.05, 4.69) is 0 Å². The fraction of sp³-hybridized carbons (Fsp3) is 0. The van der Waals surface area contributed by atoms with Crippen molar-refractivity contribution in [2.45, 2.75) is 0 Å². The van der Waals surface area contributed by atoms with Crippen molar-refractivity contribution in [3.63, 3.8) is 0 Å². The molecule has 0 spiro atoms. The Kier molecular flexibility index (Phi) is 6.19. The van der Waals surface area contributed by atoms with Crippen molar-refractivity contribution in [2.75, 3.05) is 0 Å². The molecule has 3 rings (SSSR count). The summed E-state index contributed by atoms with van der Waals surface area (Å²) in [7, 11) is -2.76. The monoisotopic (exact) mass is 356 g/mol. The van der Waals surface area contributed by atoms with Crippen molar-refractivity contribution < 1.29 is 4.57 Å². The Morgan fingerprint density at radius 1 is 0.462 bits per heavy atom. The van der Waals surface area contributed by atoms with Crippen molar-refractivity contribution in [1.82, 2.24) is 0 Å². The molecule has 0 aliphatic rings. The number of rotatable bonds is 6. The molecule has 0 radical (unpaired) electrons. The molecule has 26 heavy (non-hydrogen) atoms. The molecule has 0 heterocycles. The molecule has 0 aromatic heterocycles. The van der Waals surface area contributed by atoms with Gasteiger partial charge in [-0.25, -0.2) is 0 Å². The molecular formula is C24H21OP. The molecule has 0 atom stereocenters. The minimum Gasteiger partial charge on any atom is -0.310 e. The first kappa shape index (κ1) is 17.9. The van der Waals surface area contributed by atoms with Crippen molar-refractivity contribution in [2.24, 2.45) is 0 Å². The third-order valence-corrected chi connectivity index (χ3v) is 5.74. The Balaban J connectivity index is 1.89. The van der Waals surface area contributed by atoms with Crippen molar-refractivity contribution in [3.8, 4) is 0 Å². The van der Waals surface area contributed by atoms with E-state index >= 15 is 0 Å². The predicted octanol–water partition coefficient (Wildman–Crippen LogP) is 7.36. The fourth-order valence-corrected chi connectivity index (χ4v) is 3.96. The average molecular weight is 356 g/mol. The van der Waals surface area contributed by atoms with Gasteiger partial charge in [-0.15, -0.1) is 0 Å². The van der Waals surface area contributed by atoms with Gasteiger partial charge < -0.3 is 4.57 Å². The van der Waals surface area contributed by atoms with Gasteiger partial charge >= 0.3 is 0 Å². The van der Waals surface area contributed by atoms with Crippen molar-refractivity contribution >= 4 is 25.4 Å². The van der Waals surface area contributed by atoms with Gasteiger partial charge in [0.05, 0.1) is 0 Å². The van der Waals surface area contributed by atoms with Crippen LogP contribution in [0.15, 0.2) is 108 Å². The fourth-order valence-electron chi connectivity index (χ4n) is 2.45. The maximum atomic E-state index is 13.5. The molecular weight excluding hydrogens is 335 g/mol. The summed E-state index contributed by atoms with van der Waals surface area (Å²) in [5.74, 6) is 5.42. The first-order chi connectivity index (χ1) is 12.7. The van der Waals surface area contributed by atoms with Crippen molar-refractivity contribution in [3.05, 3.63) is 125 Å². The minimum absolute atomic E-state index is 1.04. The number of benzene rings is 3. The molecule has 0 saturated heterocycles. The molecule has 2 heteroatoms. The van der Waals surface area contributed by atoms with Crippen LogP contribution in [0.1, 0.15) is 16.7 Å². The van der Waals surface area contributed by atoms with Crippen LogP contribution in [0.5, 0.6) is 0 Å². The standard InChI is InChI=1S/C24H21OP/c25-26(19-16-22-10-4-1-5-11-22,20-17-23-12-6-2-7-13-23)21-18-24-14-8-3-9-15-24/h1-21H/b19-16-,20-17-,21-18+. The summed E-state index contributed by atoms with van der Waals surface area (Å²) in [6, 6.07) is 29.8. The highest BCUT2D eigenvalue weighted by Gasteiger charge is 2.09. The van der Waals surface area contributed by atoms with Gasteiger partial charge in [0.15, 0.2) is 0 Å². The molecule has 0 unspecified atom stereocenters. The van der Waals surface area contributed by atoms with Crippen LogP contribution in [0.25, 0.3) is 18.2 Å². The Morgan fingerprint density at radius 2 is 0.731 bits per heavy atom. The van der Waals surface area contributed by atoms with Crippen LogP contribution in [0, 0.1) is 0 Å². The Bertz CT molecular complexity index is 812. The maximum Gasteiger partial charge on any atom is 0.150 e. The molecule has 0 aliphatic heterocycles. The van der Waals surface area contributed by atoms with E-state index in [1.807, 2.05) is 109 Å². The third kappa shape index (κ3) is 5.58. The van der Waals surface area contributed by atoms with Gasteiger partial charge in [-0.2, -0.15) is 0 Å². The van der Waals surface area contributed by atoms with Crippen LogP contribution in [0.4, 0.5) is 0 Å². The Morgan fingerprint density at radius 3 is 1.00 bits per heavy atom. The second-order valence-electron chi connectivity index (χ2n) is 5.94. The van der Waals surface area contributed by atoms with Gasteiger partial charge in [-0.3, -0.25) is 0 Å². The lowest BCUT2D eigenvalue weighted by Gasteiger charge is -2.04. The Labute approximate surface area is 155 Å². The minimum atomic E-state index is -2.76. The van der Waals surface area contributed by atoms with E-state index in [1.54, 1.807) is 17.5 Å².